The molecule has 1 heterocycles. The molecule has 14 nitrogen and oxygen atoms in total. The number of carboxylic acids is 3. The summed E-state index contributed by atoms with van der Waals surface area (Å²) in [6, 6.07) is 6.50. The lowest BCUT2D eigenvalue weighted by molar-refractivity contribution is -0.140. The van der Waals surface area contributed by atoms with Crippen LogP contribution in [0.15, 0.2) is 24.3 Å². The predicted octanol–water partition coefficient (Wildman–Crippen LogP) is 4.35. The number of benzene rings is 1. The number of nitrogens with zero attached hydrogens (tertiary/aromatic N) is 4. The van der Waals surface area contributed by atoms with Crippen molar-refractivity contribution in [3.8, 4) is 0 Å². The molecule has 0 unspecified atom stereocenters. The van der Waals surface area contributed by atoms with Gasteiger partial charge in [0, 0.05) is 58.0 Å². The largest absolute Gasteiger partial charge is 0.480 e. The maximum Gasteiger partial charge on any atom is 0.338 e. The van der Waals surface area contributed by atoms with Crippen molar-refractivity contribution in [1.29, 1.82) is 0 Å². The first-order valence-electron chi connectivity index (χ1n) is 19.2. The Labute approximate surface area is 309 Å². The van der Waals surface area contributed by atoms with Gasteiger partial charge in [0.15, 0.2) is 0 Å². The van der Waals surface area contributed by atoms with Crippen molar-refractivity contribution < 1.29 is 44.0 Å². The molecular weight excluding hydrogens is 670 g/mol. The Morgan fingerprint density at radius 2 is 0.885 bits per heavy atom. The molecule has 0 spiro atoms. The van der Waals surface area contributed by atoms with Crippen LogP contribution < -0.4 is 5.32 Å². The summed E-state index contributed by atoms with van der Waals surface area (Å²) in [5.74, 6) is -3.76. The summed E-state index contributed by atoms with van der Waals surface area (Å²) in [6.45, 7) is 4.38. The van der Waals surface area contributed by atoms with Crippen molar-refractivity contribution in [2.24, 2.45) is 0 Å². The molecule has 14 heteroatoms. The highest BCUT2D eigenvalue weighted by Crippen LogP contribution is 2.14. The monoisotopic (exact) mass is 733 g/mol. The topological polar surface area (TPSA) is 180 Å². The van der Waals surface area contributed by atoms with E-state index in [2.05, 4.69) is 12.2 Å². The number of amides is 1. The van der Waals surface area contributed by atoms with Gasteiger partial charge in [0.25, 0.3) is 0 Å². The van der Waals surface area contributed by atoms with Gasteiger partial charge in [0.2, 0.25) is 5.91 Å². The number of carboxylic acid groups (broad SMARTS) is 3. The molecule has 294 valence electrons. The summed E-state index contributed by atoms with van der Waals surface area (Å²) in [6.07, 6.45) is 16.2. The number of nitrogens with one attached hydrogen (secondary N) is 1. The van der Waals surface area contributed by atoms with Gasteiger partial charge in [0.1, 0.15) is 0 Å². The van der Waals surface area contributed by atoms with Crippen molar-refractivity contribution in [3.63, 3.8) is 0 Å². The van der Waals surface area contributed by atoms with Crippen LogP contribution in [0, 0.1) is 0 Å². The smallest absolute Gasteiger partial charge is 0.338 e. The molecule has 1 aromatic carbocycles. The van der Waals surface area contributed by atoms with E-state index in [9.17, 15) is 39.3 Å². The average molecular weight is 734 g/mol. The number of carbonyl (C=O) groups is 5. The van der Waals surface area contributed by atoms with E-state index in [4.69, 9.17) is 4.74 Å². The summed E-state index contributed by atoms with van der Waals surface area (Å²) in [7, 11) is 0. The molecule has 1 amide bonds. The van der Waals surface area contributed by atoms with Gasteiger partial charge < -0.3 is 25.4 Å². The first-order chi connectivity index (χ1) is 25.0. The quantitative estimate of drug-likeness (QED) is 0.0871. The number of rotatable bonds is 24. The van der Waals surface area contributed by atoms with E-state index in [1.54, 1.807) is 39.0 Å². The molecule has 1 fully saturated rings. The Morgan fingerprint density at radius 3 is 1.25 bits per heavy atom. The summed E-state index contributed by atoms with van der Waals surface area (Å²) >= 11 is 0. The van der Waals surface area contributed by atoms with Gasteiger partial charge in [-0.15, -0.1) is 0 Å². The first kappa shape index (κ1) is 44.6. The Balaban J connectivity index is 1.79. The summed E-state index contributed by atoms with van der Waals surface area (Å²) in [5, 5.41) is 31.0. The van der Waals surface area contributed by atoms with Crippen LogP contribution in [0.3, 0.4) is 0 Å². The zero-order valence-electron chi connectivity index (χ0n) is 31.3. The van der Waals surface area contributed by atoms with Crippen LogP contribution in [0.5, 0.6) is 0 Å². The first-order valence-corrected chi connectivity index (χ1v) is 19.2. The van der Waals surface area contributed by atoms with Gasteiger partial charge >= 0.3 is 23.9 Å². The molecule has 2 rings (SSSR count). The fourth-order valence-electron chi connectivity index (χ4n) is 6.25. The van der Waals surface area contributed by atoms with Gasteiger partial charge in [-0.3, -0.25) is 38.8 Å². The number of aliphatic carboxylic acids is 3. The van der Waals surface area contributed by atoms with Crippen molar-refractivity contribution >= 4 is 35.5 Å². The second-order valence-electron chi connectivity index (χ2n) is 13.8. The van der Waals surface area contributed by atoms with E-state index in [1.165, 1.54) is 64.2 Å². The summed E-state index contributed by atoms with van der Waals surface area (Å²) in [4.78, 5) is 67.0. The molecular formula is C38H63N5O9. The minimum Gasteiger partial charge on any atom is -0.480 e. The van der Waals surface area contributed by atoms with Crippen molar-refractivity contribution in [2.75, 3.05) is 90.5 Å². The lowest BCUT2D eigenvalue weighted by Gasteiger charge is -2.32. The highest BCUT2D eigenvalue weighted by atomic mass is 16.5. The van der Waals surface area contributed by atoms with Crippen LogP contribution in [-0.2, 0) is 23.9 Å². The zero-order valence-corrected chi connectivity index (χ0v) is 31.3. The third-order valence-electron chi connectivity index (χ3n) is 9.26. The molecule has 0 radical (unpaired) electrons. The van der Waals surface area contributed by atoms with E-state index in [-0.39, 0.29) is 32.1 Å². The molecule has 1 aliphatic heterocycles. The molecule has 0 bridgehead atoms. The lowest BCUT2D eigenvalue weighted by atomic mass is 10.0. The summed E-state index contributed by atoms with van der Waals surface area (Å²) < 4.78 is 5.45. The highest BCUT2D eigenvalue weighted by Gasteiger charge is 2.21. The second kappa shape index (κ2) is 27.1. The number of hydrogen-bond donors (Lipinski definition) is 4. The standard InChI is InChI=1S/C38H63N5O9/c1-2-3-4-5-6-7-8-9-10-11-12-13-14-27-52-38(51)32-15-17-33(18-16-32)39-34(44)28-40-19-21-41(29-35(45)46)23-25-43(31-37(49)50)26-24-42(22-20-40)30-36(47)48/h15-18H,2-14,19-31H2,1H3,(H,39,44)(H,45,46)(H,47,48)(H,49,50). The van der Waals surface area contributed by atoms with Gasteiger partial charge in [-0.1, -0.05) is 84.0 Å². The minimum absolute atomic E-state index is 0.0180. The maximum absolute atomic E-state index is 13.1. The van der Waals surface area contributed by atoms with E-state index >= 15 is 0 Å². The number of hydrogen-bond acceptors (Lipinski definition) is 10. The van der Waals surface area contributed by atoms with E-state index in [0.717, 1.165) is 19.3 Å². The Morgan fingerprint density at radius 1 is 0.538 bits per heavy atom. The number of anilines is 1. The number of esters is 1. The average Bonchev–Trinajstić information content (AvgIpc) is 3.09. The Hall–Kier alpha value is -3.59. The van der Waals surface area contributed by atoms with Crippen LogP contribution in [0.25, 0.3) is 0 Å². The third kappa shape index (κ3) is 21.7. The van der Waals surface area contributed by atoms with Gasteiger partial charge in [-0.05, 0) is 30.7 Å². The Kier molecular flexibility index (Phi) is 23.2. The van der Waals surface area contributed by atoms with Crippen LogP contribution >= 0.6 is 0 Å². The number of unbranched alkanes of at least 4 members (excludes halogenated alkanes) is 12. The second-order valence-corrected chi connectivity index (χ2v) is 13.8. The molecule has 0 aromatic heterocycles. The molecule has 1 aliphatic rings. The SMILES string of the molecule is CCCCCCCCCCCCCCCOC(=O)c1ccc(NC(=O)CN2CCN(CC(=O)O)CCN(CC(=O)O)CCN(CC(=O)O)CC2)cc1. The summed E-state index contributed by atoms with van der Waals surface area (Å²) in [5.41, 5.74) is 0.903. The fraction of sp³-hybridized carbons (Fsp3) is 0.711. The number of carbonyl (C=O) groups excluding carboxylic acids is 2. The van der Waals surface area contributed by atoms with E-state index in [0.29, 0.717) is 70.2 Å². The molecule has 1 saturated heterocycles. The van der Waals surface area contributed by atoms with Crippen LogP contribution in [0.2, 0.25) is 0 Å². The fourth-order valence-corrected chi connectivity index (χ4v) is 6.25. The van der Waals surface area contributed by atoms with E-state index < -0.39 is 23.9 Å². The lowest BCUT2D eigenvalue weighted by Crippen LogP contribution is -2.49. The predicted molar refractivity (Wildman–Crippen MR) is 200 cm³/mol. The van der Waals surface area contributed by atoms with Gasteiger partial charge in [0.05, 0.1) is 38.3 Å². The van der Waals surface area contributed by atoms with Crippen LogP contribution in [0.4, 0.5) is 5.69 Å². The van der Waals surface area contributed by atoms with Crippen molar-refractivity contribution in [1.82, 2.24) is 19.6 Å². The molecule has 1 aromatic rings. The van der Waals surface area contributed by atoms with Crippen molar-refractivity contribution in [2.45, 2.75) is 90.4 Å². The molecule has 0 atom stereocenters. The minimum atomic E-state index is -1.02. The molecule has 4 N–H and O–H groups in total. The third-order valence-corrected chi connectivity index (χ3v) is 9.26. The molecule has 52 heavy (non-hydrogen) atoms. The van der Waals surface area contributed by atoms with Crippen LogP contribution in [0.1, 0.15) is 101 Å². The van der Waals surface area contributed by atoms with Gasteiger partial charge in [-0.25, -0.2) is 4.79 Å². The molecule has 0 saturated carbocycles. The number of ether oxygens (including phenoxy) is 1. The molecule has 0 aliphatic carbocycles. The van der Waals surface area contributed by atoms with Gasteiger partial charge in [-0.2, -0.15) is 0 Å². The van der Waals surface area contributed by atoms with Crippen molar-refractivity contribution in [3.05, 3.63) is 29.8 Å². The maximum atomic E-state index is 13.1. The highest BCUT2D eigenvalue weighted by molar-refractivity contribution is 5.94. The normalized spacial score (nSPS) is 15.7. The van der Waals surface area contributed by atoms with Crippen LogP contribution in [-0.4, -0.2) is 150 Å². The Bertz CT molecular complexity index is 1170. The van der Waals surface area contributed by atoms with E-state index in [1.807, 2.05) is 4.90 Å². The zero-order chi connectivity index (χ0) is 38.0.